The van der Waals surface area contributed by atoms with Crippen LogP contribution < -0.4 is 23.7 Å². The van der Waals surface area contributed by atoms with Crippen molar-refractivity contribution < 1.29 is 28.5 Å². The van der Waals surface area contributed by atoms with Crippen molar-refractivity contribution in [2.24, 2.45) is 5.92 Å². The summed E-state index contributed by atoms with van der Waals surface area (Å²) in [4.78, 5) is 13.4. The first-order valence-electron chi connectivity index (χ1n) is 12.5. The predicted octanol–water partition coefficient (Wildman–Crippen LogP) is 6.45. The van der Waals surface area contributed by atoms with Crippen LogP contribution in [0.25, 0.3) is 0 Å². The van der Waals surface area contributed by atoms with Gasteiger partial charge in [0, 0.05) is 12.0 Å². The summed E-state index contributed by atoms with van der Waals surface area (Å²) in [6.45, 7) is 6.66. The lowest BCUT2D eigenvalue weighted by Gasteiger charge is -2.37. The second-order valence-electron chi connectivity index (χ2n) is 9.91. The maximum atomic E-state index is 13.4. The van der Waals surface area contributed by atoms with Crippen molar-refractivity contribution in [3.63, 3.8) is 0 Å². The van der Waals surface area contributed by atoms with Gasteiger partial charge in [0.25, 0.3) is 0 Å². The van der Waals surface area contributed by atoms with Gasteiger partial charge in [0.15, 0.2) is 17.3 Å². The lowest BCUT2D eigenvalue weighted by Crippen LogP contribution is -2.36. The van der Waals surface area contributed by atoms with E-state index in [4.69, 9.17) is 23.7 Å². The Morgan fingerprint density at radius 1 is 1.03 bits per heavy atom. The zero-order valence-electron chi connectivity index (χ0n) is 22.3. The van der Waals surface area contributed by atoms with Crippen LogP contribution in [0.3, 0.4) is 0 Å². The Bertz CT molecular complexity index is 1030. The number of rotatable bonds is 12. The van der Waals surface area contributed by atoms with E-state index in [0.29, 0.717) is 41.6 Å². The van der Waals surface area contributed by atoms with Gasteiger partial charge in [0.2, 0.25) is 0 Å². The topological polar surface area (TPSA) is 63.2 Å². The van der Waals surface area contributed by atoms with E-state index in [1.165, 1.54) is 6.42 Å². The minimum atomic E-state index is -0.255. The van der Waals surface area contributed by atoms with E-state index in [0.717, 1.165) is 48.3 Å². The molecule has 35 heavy (non-hydrogen) atoms. The second kappa shape index (κ2) is 11.7. The standard InChI is InChI=1S/C29H40O6/c1-19(2)9-8-15-29(3)16-14-22-27(34-7)23(18-26(33-6)28(22)35-29)24(30)12-10-20-17-21(31-4)11-13-25(20)32-5/h11,13,17-19H,8-10,12,14-16H2,1-7H3. The largest absolute Gasteiger partial charge is 0.497 e. The minimum Gasteiger partial charge on any atom is -0.497 e. The van der Waals surface area contributed by atoms with Gasteiger partial charge in [-0.1, -0.05) is 20.3 Å². The highest BCUT2D eigenvalue weighted by Gasteiger charge is 2.36. The summed E-state index contributed by atoms with van der Waals surface area (Å²) < 4.78 is 28.8. The first-order valence-corrected chi connectivity index (χ1v) is 12.5. The molecule has 0 aromatic heterocycles. The van der Waals surface area contributed by atoms with Crippen molar-refractivity contribution in [2.45, 2.75) is 71.3 Å². The number of hydrogen-bond donors (Lipinski definition) is 0. The molecule has 2 aromatic carbocycles. The van der Waals surface area contributed by atoms with Gasteiger partial charge in [-0.3, -0.25) is 4.79 Å². The number of ketones is 1. The van der Waals surface area contributed by atoms with Crippen LogP contribution in [-0.4, -0.2) is 39.8 Å². The molecular weight excluding hydrogens is 444 g/mol. The highest BCUT2D eigenvalue weighted by molar-refractivity contribution is 6.00. The number of ether oxygens (including phenoxy) is 5. The van der Waals surface area contributed by atoms with Crippen LogP contribution in [0.1, 0.15) is 74.4 Å². The van der Waals surface area contributed by atoms with Gasteiger partial charge in [0.1, 0.15) is 22.8 Å². The average molecular weight is 485 g/mol. The number of Topliss-reactive ketones (excluding diaryl/α,β-unsaturated/α-hetero) is 1. The summed E-state index contributed by atoms with van der Waals surface area (Å²) >= 11 is 0. The van der Waals surface area contributed by atoms with E-state index >= 15 is 0 Å². The Kier molecular flexibility index (Phi) is 8.92. The molecule has 0 spiro atoms. The number of carbonyl (C=O) groups is 1. The maximum absolute atomic E-state index is 13.4. The molecule has 6 nitrogen and oxygen atoms in total. The molecule has 1 heterocycles. The second-order valence-corrected chi connectivity index (χ2v) is 9.91. The first kappa shape index (κ1) is 26.7. The normalized spacial score (nSPS) is 16.9. The highest BCUT2D eigenvalue weighted by atomic mass is 16.5. The fraction of sp³-hybridized carbons (Fsp3) is 0.552. The van der Waals surface area contributed by atoms with Gasteiger partial charge in [0.05, 0.1) is 34.0 Å². The quantitative estimate of drug-likeness (QED) is 0.323. The van der Waals surface area contributed by atoms with Crippen LogP contribution in [0.2, 0.25) is 0 Å². The SMILES string of the molecule is COc1ccc(OC)c(CCC(=O)c2cc(OC)c3c(c2OC)CCC(C)(CCCC(C)C)O3)c1. The first-order chi connectivity index (χ1) is 16.7. The molecule has 0 N–H and O–H groups in total. The van der Waals surface area contributed by atoms with Crippen LogP contribution in [0.15, 0.2) is 24.3 Å². The molecule has 0 aliphatic carbocycles. The van der Waals surface area contributed by atoms with Crippen molar-refractivity contribution in [2.75, 3.05) is 28.4 Å². The van der Waals surface area contributed by atoms with Gasteiger partial charge < -0.3 is 23.7 Å². The number of benzene rings is 2. The average Bonchev–Trinajstić information content (AvgIpc) is 2.85. The monoisotopic (exact) mass is 484 g/mol. The fourth-order valence-corrected chi connectivity index (χ4v) is 4.81. The van der Waals surface area contributed by atoms with Gasteiger partial charge in [-0.05, 0) is 74.8 Å². The third-order valence-corrected chi connectivity index (χ3v) is 6.86. The molecule has 0 saturated carbocycles. The predicted molar refractivity (Wildman–Crippen MR) is 138 cm³/mol. The van der Waals surface area contributed by atoms with Crippen LogP contribution in [0.5, 0.6) is 28.7 Å². The summed E-state index contributed by atoms with van der Waals surface area (Å²) in [6.07, 6.45) is 5.75. The molecule has 1 aliphatic heterocycles. The van der Waals surface area contributed by atoms with Crippen molar-refractivity contribution in [3.05, 3.63) is 41.0 Å². The van der Waals surface area contributed by atoms with E-state index in [-0.39, 0.29) is 11.4 Å². The van der Waals surface area contributed by atoms with Gasteiger partial charge in [-0.2, -0.15) is 0 Å². The molecule has 3 rings (SSSR count). The zero-order chi connectivity index (χ0) is 25.6. The highest BCUT2D eigenvalue weighted by Crippen LogP contribution is 2.48. The Balaban J connectivity index is 1.85. The molecule has 0 amide bonds. The van der Waals surface area contributed by atoms with Crippen LogP contribution in [-0.2, 0) is 12.8 Å². The van der Waals surface area contributed by atoms with Gasteiger partial charge in [-0.15, -0.1) is 0 Å². The maximum Gasteiger partial charge on any atom is 0.168 e. The third kappa shape index (κ3) is 6.22. The van der Waals surface area contributed by atoms with E-state index in [9.17, 15) is 4.79 Å². The summed E-state index contributed by atoms with van der Waals surface area (Å²) in [5.41, 5.74) is 2.10. The van der Waals surface area contributed by atoms with Crippen LogP contribution in [0.4, 0.5) is 0 Å². The lowest BCUT2D eigenvalue weighted by molar-refractivity contribution is 0.0485. The van der Waals surface area contributed by atoms with Crippen LogP contribution in [0, 0.1) is 5.92 Å². The Morgan fingerprint density at radius 2 is 1.77 bits per heavy atom. The van der Waals surface area contributed by atoms with Gasteiger partial charge >= 0.3 is 0 Å². The fourth-order valence-electron chi connectivity index (χ4n) is 4.81. The molecule has 2 aromatic rings. The minimum absolute atomic E-state index is 0.0157. The van der Waals surface area contributed by atoms with Crippen molar-refractivity contribution in [3.8, 4) is 28.7 Å². The smallest absolute Gasteiger partial charge is 0.168 e. The number of aryl methyl sites for hydroxylation is 1. The molecule has 192 valence electrons. The van der Waals surface area contributed by atoms with Crippen molar-refractivity contribution >= 4 is 5.78 Å². The van der Waals surface area contributed by atoms with E-state index < -0.39 is 0 Å². The zero-order valence-corrected chi connectivity index (χ0v) is 22.3. The molecule has 1 atom stereocenters. The molecule has 1 unspecified atom stereocenters. The third-order valence-electron chi connectivity index (χ3n) is 6.86. The molecule has 0 fully saturated rings. The summed E-state index contributed by atoms with van der Waals surface area (Å²) in [7, 11) is 6.48. The molecule has 6 heteroatoms. The molecule has 1 aliphatic rings. The molecular formula is C29H40O6. The Morgan fingerprint density at radius 3 is 2.40 bits per heavy atom. The Labute approximate surface area is 209 Å². The lowest BCUT2D eigenvalue weighted by atomic mass is 9.86. The molecule has 0 bridgehead atoms. The van der Waals surface area contributed by atoms with Crippen LogP contribution >= 0.6 is 0 Å². The number of carbonyl (C=O) groups excluding carboxylic acids is 1. The Hall–Kier alpha value is -2.89. The summed E-state index contributed by atoms with van der Waals surface area (Å²) in [5, 5.41) is 0. The number of hydrogen-bond acceptors (Lipinski definition) is 6. The van der Waals surface area contributed by atoms with E-state index in [1.54, 1.807) is 34.5 Å². The van der Waals surface area contributed by atoms with Gasteiger partial charge in [-0.25, -0.2) is 0 Å². The van der Waals surface area contributed by atoms with Crippen molar-refractivity contribution in [1.82, 2.24) is 0 Å². The number of methoxy groups -OCH3 is 4. The summed E-state index contributed by atoms with van der Waals surface area (Å²) in [6, 6.07) is 7.38. The van der Waals surface area contributed by atoms with Crippen molar-refractivity contribution in [1.29, 1.82) is 0 Å². The molecule has 0 radical (unpaired) electrons. The molecule has 0 saturated heterocycles. The number of fused-ring (bicyclic) bond motifs is 1. The summed E-state index contributed by atoms with van der Waals surface area (Å²) in [5.74, 6) is 4.00. The van der Waals surface area contributed by atoms with E-state index in [2.05, 4.69) is 20.8 Å². The van der Waals surface area contributed by atoms with E-state index in [1.807, 2.05) is 18.2 Å².